The van der Waals surface area contributed by atoms with Crippen LogP contribution in [0.1, 0.15) is 41.6 Å². The lowest BCUT2D eigenvalue weighted by atomic mass is 9.99. The zero-order chi connectivity index (χ0) is 17.4. The van der Waals surface area contributed by atoms with E-state index in [4.69, 9.17) is 5.11 Å². The summed E-state index contributed by atoms with van der Waals surface area (Å²) in [4.78, 5) is 30.1. The number of aromatic nitrogens is 1. The van der Waals surface area contributed by atoms with E-state index in [1.54, 1.807) is 23.2 Å². The Labute approximate surface area is 145 Å². The van der Waals surface area contributed by atoms with Gasteiger partial charge < -0.3 is 10.0 Å². The van der Waals surface area contributed by atoms with E-state index in [1.165, 1.54) is 0 Å². The molecule has 1 aromatic carbocycles. The predicted octanol–water partition coefficient (Wildman–Crippen LogP) is 3.61. The number of hydrogen-bond donors (Lipinski definition) is 1. The first kappa shape index (κ1) is 16.6. The minimum Gasteiger partial charge on any atom is -0.481 e. The molecule has 3 rings (SSSR count). The van der Waals surface area contributed by atoms with Crippen molar-refractivity contribution in [2.75, 3.05) is 11.4 Å². The second kappa shape index (κ2) is 6.36. The number of hydrogen-bond acceptors (Lipinski definition) is 4. The SMILES string of the molecule is CC(=O)N1CCc2cc(-c3nc(C)sc3C(C)CC(=O)O)ccc21. The Hall–Kier alpha value is -2.21. The van der Waals surface area contributed by atoms with Crippen molar-refractivity contribution < 1.29 is 14.7 Å². The van der Waals surface area contributed by atoms with Crippen molar-refractivity contribution in [2.24, 2.45) is 0 Å². The second-order valence-corrected chi connectivity index (χ2v) is 7.44. The molecule has 1 aromatic heterocycles. The lowest BCUT2D eigenvalue weighted by Gasteiger charge is -2.15. The number of fused-ring (bicyclic) bond motifs is 1. The number of carbonyl (C=O) groups is 2. The van der Waals surface area contributed by atoms with Crippen LogP contribution in [0.3, 0.4) is 0 Å². The third kappa shape index (κ3) is 3.06. The molecule has 1 aliphatic heterocycles. The molecule has 2 heterocycles. The lowest BCUT2D eigenvalue weighted by molar-refractivity contribution is -0.137. The van der Waals surface area contributed by atoms with Crippen molar-refractivity contribution in [3.8, 4) is 11.3 Å². The average molecular weight is 344 g/mol. The first-order valence-electron chi connectivity index (χ1n) is 7.97. The number of amides is 1. The van der Waals surface area contributed by atoms with Crippen LogP contribution in [0.15, 0.2) is 18.2 Å². The summed E-state index contributed by atoms with van der Waals surface area (Å²) in [6.07, 6.45) is 0.934. The highest BCUT2D eigenvalue weighted by Gasteiger charge is 2.24. The van der Waals surface area contributed by atoms with Gasteiger partial charge in [0, 0.05) is 35.5 Å². The number of nitrogens with zero attached hydrogens (tertiary/aromatic N) is 2. The van der Waals surface area contributed by atoms with Gasteiger partial charge in [0.25, 0.3) is 0 Å². The number of carbonyl (C=O) groups excluding carboxylic acids is 1. The van der Waals surface area contributed by atoms with Gasteiger partial charge in [0.15, 0.2) is 0 Å². The topological polar surface area (TPSA) is 70.5 Å². The quantitative estimate of drug-likeness (QED) is 0.920. The van der Waals surface area contributed by atoms with Crippen molar-refractivity contribution in [1.82, 2.24) is 4.98 Å². The third-order valence-corrected chi connectivity index (χ3v) is 5.52. The van der Waals surface area contributed by atoms with E-state index in [0.29, 0.717) is 6.54 Å². The number of benzene rings is 1. The number of thiazole rings is 1. The van der Waals surface area contributed by atoms with Crippen LogP contribution in [0.4, 0.5) is 5.69 Å². The van der Waals surface area contributed by atoms with E-state index >= 15 is 0 Å². The molecule has 126 valence electrons. The fourth-order valence-corrected chi connectivity index (χ4v) is 4.21. The Morgan fingerprint density at radius 3 is 2.83 bits per heavy atom. The van der Waals surface area contributed by atoms with Crippen molar-refractivity contribution >= 4 is 28.9 Å². The molecule has 1 N–H and O–H groups in total. The molecule has 0 saturated heterocycles. The van der Waals surface area contributed by atoms with Gasteiger partial charge in [0.1, 0.15) is 0 Å². The Bertz CT molecular complexity index is 813. The van der Waals surface area contributed by atoms with Gasteiger partial charge in [-0.15, -0.1) is 11.3 Å². The zero-order valence-corrected chi connectivity index (χ0v) is 14.8. The average Bonchev–Trinajstić information content (AvgIpc) is 3.09. The van der Waals surface area contributed by atoms with Crippen molar-refractivity contribution in [2.45, 2.75) is 39.5 Å². The van der Waals surface area contributed by atoms with Crippen LogP contribution in [-0.4, -0.2) is 28.5 Å². The van der Waals surface area contributed by atoms with Crippen molar-refractivity contribution in [1.29, 1.82) is 0 Å². The van der Waals surface area contributed by atoms with Crippen LogP contribution in [0, 0.1) is 6.92 Å². The highest BCUT2D eigenvalue weighted by Crippen LogP contribution is 2.38. The van der Waals surface area contributed by atoms with Crippen LogP contribution in [0.2, 0.25) is 0 Å². The van der Waals surface area contributed by atoms with Crippen LogP contribution in [0.5, 0.6) is 0 Å². The number of carboxylic acid groups (broad SMARTS) is 1. The van der Waals surface area contributed by atoms with Gasteiger partial charge in [-0.2, -0.15) is 0 Å². The van der Waals surface area contributed by atoms with Crippen molar-refractivity contribution in [3.63, 3.8) is 0 Å². The molecule has 1 unspecified atom stereocenters. The smallest absolute Gasteiger partial charge is 0.303 e. The summed E-state index contributed by atoms with van der Waals surface area (Å²) in [6.45, 7) is 6.16. The van der Waals surface area contributed by atoms with Gasteiger partial charge in [-0.3, -0.25) is 9.59 Å². The number of anilines is 1. The van der Waals surface area contributed by atoms with Gasteiger partial charge in [-0.05, 0) is 31.0 Å². The van der Waals surface area contributed by atoms with Crippen molar-refractivity contribution in [3.05, 3.63) is 33.6 Å². The van der Waals surface area contributed by atoms with E-state index in [0.717, 1.165) is 38.8 Å². The van der Waals surface area contributed by atoms with Crippen LogP contribution in [0.25, 0.3) is 11.3 Å². The van der Waals surface area contributed by atoms with Crippen LogP contribution < -0.4 is 4.90 Å². The molecule has 0 saturated carbocycles. The van der Waals surface area contributed by atoms with Gasteiger partial charge in [0.05, 0.1) is 17.1 Å². The van der Waals surface area contributed by atoms with E-state index in [1.807, 2.05) is 26.0 Å². The van der Waals surface area contributed by atoms with E-state index < -0.39 is 5.97 Å². The minimum absolute atomic E-state index is 0.0572. The fraction of sp³-hybridized carbons (Fsp3) is 0.389. The summed E-state index contributed by atoms with van der Waals surface area (Å²) in [5.41, 5.74) is 3.98. The maximum absolute atomic E-state index is 11.7. The molecule has 1 aliphatic rings. The van der Waals surface area contributed by atoms with E-state index in [9.17, 15) is 9.59 Å². The Balaban J connectivity index is 1.99. The molecule has 5 nitrogen and oxygen atoms in total. The van der Waals surface area contributed by atoms with E-state index in [-0.39, 0.29) is 18.2 Å². The number of aryl methyl sites for hydroxylation is 1. The number of rotatable bonds is 4. The largest absolute Gasteiger partial charge is 0.481 e. The lowest BCUT2D eigenvalue weighted by Crippen LogP contribution is -2.25. The highest BCUT2D eigenvalue weighted by atomic mass is 32.1. The van der Waals surface area contributed by atoms with Gasteiger partial charge in [-0.25, -0.2) is 4.98 Å². The standard InChI is InChI=1S/C18H20N2O3S/c1-10(8-16(22)23)18-17(19-11(2)24-18)14-4-5-15-13(9-14)6-7-20(15)12(3)21/h4-5,9-10H,6-8H2,1-3H3,(H,22,23). The number of aliphatic carboxylic acids is 1. The minimum atomic E-state index is -0.800. The van der Waals surface area contributed by atoms with E-state index in [2.05, 4.69) is 11.1 Å². The monoisotopic (exact) mass is 344 g/mol. The van der Waals surface area contributed by atoms with Crippen LogP contribution >= 0.6 is 11.3 Å². The zero-order valence-electron chi connectivity index (χ0n) is 14.0. The molecular weight excluding hydrogens is 324 g/mol. The molecule has 0 aliphatic carbocycles. The molecular formula is C18H20N2O3S. The molecule has 2 aromatic rings. The molecule has 6 heteroatoms. The summed E-state index contributed by atoms with van der Waals surface area (Å²) >= 11 is 1.56. The first-order chi connectivity index (χ1) is 11.4. The molecule has 0 radical (unpaired) electrons. The maximum Gasteiger partial charge on any atom is 0.303 e. The summed E-state index contributed by atoms with van der Waals surface area (Å²) in [5.74, 6) is -0.821. The molecule has 24 heavy (non-hydrogen) atoms. The normalized spacial score (nSPS) is 14.5. The highest BCUT2D eigenvalue weighted by molar-refractivity contribution is 7.12. The third-order valence-electron chi connectivity index (χ3n) is 4.32. The fourth-order valence-electron chi connectivity index (χ4n) is 3.21. The van der Waals surface area contributed by atoms with Gasteiger partial charge >= 0.3 is 5.97 Å². The van der Waals surface area contributed by atoms with Gasteiger partial charge in [0.2, 0.25) is 5.91 Å². The Morgan fingerprint density at radius 1 is 1.42 bits per heavy atom. The molecule has 0 bridgehead atoms. The molecule has 1 atom stereocenters. The Kier molecular flexibility index (Phi) is 4.41. The molecule has 0 fully saturated rings. The summed E-state index contributed by atoms with van der Waals surface area (Å²) in [6, 6.07) is 6.04. The molecule has 0 spiro atoms. The summed E-state index contributed by atoms with van der Waals surface area (Å²) < 4.78 is 0. The predicted molar refractivity (Wildman–Crippen MR) is 94.7 cm³/mol. The van der Waals surface area contributed by atoms with Gasteiger partial charge in [-0.1, -0.05) is 13.0 Å². The molecule has 1 amide bonds. The Morgan fingerprint density at radius 2 is 2.17 bits per heavy atom. The number of carboxylic acids is 1. The summed E-state index contributed by atoms with van der Waals surface area (Å²) in [7, 11) is 0. The second-order valence-electron chi connectivity index (χ2n) is 6.21. The van der Waals surface area contributed by atoms with Crippen LogP contribution in [-0.2, 0) is 16.0 Å². The maximum atomic E-state index is 11.7. The first-order valence-corrected chi connectivity index (χ1v) is 8.79. The summed E-state index contributed by atoms with van der Waals surface area (Å²) in [5, 5.41) is 10.0.